The van der Waals surface area contributed by atoms with Crippen LogP contribution < -0.4 is 16.4 Å². The van der Waals surface area contributed by atoms with Gasteiger partial charge in [0, 0.05) is 19.0 Å². The predicted molar refractivity (Wildman–Crippen MR) is 67.8 cm³/mol. The summed E-state index contributed by atoms with van der Waals surface area (Å²) in [6.45, 7) is 4.20. The molecule has 7 nitrogen and oxygen atoms in total. The fourth-order valence-corrected chi connectivity index (χ4v) is 1.31. The molecule has 0 saturated carbocycles. The van der Waals surface area contributed by atoms with Crippen molar-refractivity contribution in [2.24, 2.45) is 0 Å². The minimum Gasteiger partial charge on any atom is -0.383 e. The number of H-pyrrole nitrogens is 1. The van der Waals surface area contributed by atoms with Gasteiger partial charge >= 0.3 is 0 Å². The monoisotopic (exact) mass is 253 g/mol. The molecule has 0 aliphatic carbocycles. The van der Waals surface area contributed by atoms with E-state index in [1.54, 1.807) is 0 Å². The molecule has 0 fully saturated rings. The Morgan fingerprint density at radius 2 is 2.28 bits per heavy atom. The van der Waals surface area contributed by atoms with E-state index in [9.17, 15) is 9.59 Å². The summed E-state index contributed by atoms with van der Waals surface area (Å²) in [6.07, 6.45) is 2.47. The van der Waals surface area contributed by atoms with Gasteiger partial charge in [0.05, 0.1) is 6.20 Å². The molecule has 0 aliphatic heterocycles. The number of anilines is 1. The highest BCUT2D eigenvalue weighted by Gasteiger charge is 2.11. The van der Waals surface area contributed by atoms with Crippen molar-refractivity contribution in [3.05, 3.63) is 11.8 Å². The van der Waals surface area contributed by atoms with E-state index in [-0.39, 0.29) is 42.2 Å². The summed E-state index contributed by atoms with van der Waals surface area (Å²) in [6, 6.07) is 0.151. The maximum absolute atomic E-state index is 11.6. The Labute approximate surface area is 106 Å². The molecule has 0 aliphatic rings. The van der Waals surface area contributed by atoms with Gasteiger partial charge < -0.3 is 16.4 Å². The van der Waals surface area contributed by atoms with Crippen LogP contribution in [-0.2, 0) is 4.79 Å². The first kappa shape index (κ1) is 14.0. The van der Waals surface area contributed by atoms with Gasteiger partial charge in [-0.05, 0) is 13.3 Å². The van der Waals surface area contributed by atoms with E-state index >= 15 is 0 Å². The van der Waals surface area contributed by atoms with Crippen molar-refractivity contribution in [2.45, 2.75) is 32.7 Å². The molecular formula is C11H19N5O2. The number of aromatic amines is 1. The lowest BCUT2D eigenvalue weighted by Gasteiger charge is -2.11. The molecule has 1 heterocycles. The largest absolute Gasteiger partial charge is 0.383 e. The van der Waals surface area contributed by atoms with Crippen LogP contribution in [0, 0.1) is 0 Å². The van der Waals surface area contributed by atoms with Crippen molar-refractivity contribution in [3.63, 3.8) is 0 Å². The molecule has 0 radical (unpaired) electrons. The third-order valence-corrected chi connectivity index (χ3v) is 2.57. The number of nitrogens with two attached hydrogens (primary N) is 1. The first-order chi connectivity index (χ1) is 8.54. The molecular weight excluding hydrogens is 234 g/mol. The molecule has 100 valence electrons. The number of nitrogen functional groups attached to an aromatic ring is 1. The summed E-state index contributed by atoms with van der Waals surface area (Å²) in [5.74, 6) is -0.195. The van der Waals surface area contributed by atoms with Crippen LogP contribution >= 0.6 is 0 Å². The SMILES string of the molecule is CCC(C)NC(=O)CCNC(=O)c1cn[nH]c1N. The number of aromatic nitrogens is 2. The van der Waals surface area contributed by atoms with Crippen LogP contribution in [0.5, 0.6) is 0 Å². The first-order valence-electron chi connectivity index (χ1n) is 5.91. The highest BCUT2D eigenvalue weighted by atomic mass is 16.2. The van der Waals surface area contributed by atoms with E-state index in [2.05, 4.69) is 20.8 Å². The van der Waals surface area contributed by atoms with Crippen molar-refractivity contribution < 1.29 is 9.59 Å². The fourth-order valence-electron chi connectivity index (χ4n) is 1.31. The Balaban J connectivity index is 2.28. The number of rotatable bonds is 6. The maximum atomic E-state index is 11.6. The first-order valence-corrected chi connectivity index (χ1v) is 5.91. The van der Waals surface area contributed by atoms with Crippen LogP contribution in [0.15, 0.2) is 6.20 Å². The Morgan fingerprint density at radius 3 is 2.83 bits per heavy atom. The number of nitrogens with one attached hydrogen (secondary N) is 3. The Kier molecular flexibility index (Phi) is 5.16. The molecule has 1 unspecified atom stereocenters. The zero-order valence-corrected chi connectivity index (χ0v) is 10.6. The minimum absolute atomic E-state index is 0.0789. The Bertz CT molecular complexity index is 415. The molecule has 1 atom stereocenters. The van der Waals surface area contributed by atoms with Crippen LogP contribution in [0.4, 0.5) is 5.82 Å². The van der Waals surface area contributed by atoms with Gasteiger partial charge in [-0.25, -0.2) is 0 Å². The van der Waals surface area contributed by atoms with Crippen molar-refractivity contribution >= 4 is 17.6 Å². The predicted octanol–water partition coefficient (Wildman–Crippen LogP) is 0.0265. The molecule has 2 amide bonds. The summed E-state index contributed by atoms with van der Waals surface area (Å²) in [4.78, 5) is 23.0. The van der Waals surface area contributed by atoms with E-state index in [0.717, 1.165) is 6.42 Å². The van der Waals surface area contributed by atoms with Gasteiger partial charge in [0.1, 0.15) is 11.4 Å². The van der Waals surface area contributed by atoms with Crippen LogP contribution in [-0.4, -0.2) is 34.6 Å². The lowest BCUT2D eigenvalue weighted by Crippen LogP contribution is -2.35. The number of carbonyl (C=O) groups excluding carboxylic acids is 2. The van der Waals surface area contributed by atoms with Crippen LogP contribution in [0.1, 0.15) is 37.0 Å². The molecule has 0 saturated heterocycles. The van der Waals surface area contributed by atoms with E-state index in [1.807, 2.05) is 13.8 Å². The molecule has 1 aromatic heterocycles. The van der Waals surface area contributed by atoms with Gasteiger partial charge in [-0.1, -0.05) is 6.92 Å². The topological polar surface area (TPSA) is 113 Å². The summed E-state index contributed by atoms with van der Waals surface area (Å²) in [5.41, 5.74) is 5.79. The second kappa shape index (κ2) is 6.63. The molecule has 0 aromatic carbocycles. The van der Waals surface area contributed by atoms with Crippen LogP contribution in [0.2, 0.25) is 0 Å². The van der Waals surface area contributed by atoms with Crippen molar-refractivity contribution in [2.75, 3.05) is 12.3 Å². The van der Waals surface area contributed by atoms with Crippen molar-refractivity contribution in [1.82, 2.24) is 20.8 Å². The van der Waals surface area contributed by atoms with E-state index in [0.29, 0.717) is 0 Å². The van der Waals surface area contributed by atoms with Gasteiger partial charge in [0.2, 0.25) is 5.91 Å². The number of amides is 2. The molecule has 1 rings (SSSR count). The third-order valence-electron chi connectivity index (χ3n) is 2.57. The quantitative estimate of drug-likeness (QED) is 0.572. The minimum atomic E-state index is -0.336. The zero-order chi connectivity index (χ0) is 13.5. The normalized spacial score (nSPS) is 11.9. The second-order valence-electron chi connectivity index (χ2n) is 4.08. The van der Waals surface area contributed by atoms with Crippen molar-refractivity contribution in [3.8, 4) is 0 Å². The van der Waals surface area contributed by atoms with Gasteiger partial charge in [-0.2, -0.15) is 5.10 Å². The summed E-state index contributed by atoms with van der Waals surface area (Å²) >= 11 is 0. The second-order valence-corrected chi connectivity index (χ2v) is 4.08. The third kappa shape index (κ3) is 4.08. The lowest BCUT2D eigenvalue weighted by atomic mass is 10.2. The Hall–Kier alpha value is -2.05. The summed E-state index contributed by atoms with van der Waals surface area (Å²) < 4.78 is 0. The maximum Gasteiger partial charge on any atom is 0.256 e. The van der Waals surface area contributed by atoms with Crippen LogP contribution in [0.3, 0.4) is 0 Å². The highest BCUT2D eigenvalue weighted by molar-refractivity contribution is 5.98. The lowest BCUT2D eigenvalue weighted by molar-refractivity contribution is -0.121. The van der Waals surface area contributed by atoms with E-state index in [1.165, 1.54) is 6.20 Å². The van der Waals surface area contributed by atoms with Gasteiger partial charge in [-0.15, -0.1) is 0 Å². The van der Waals surface area contributed by atoms with Gasteiger partial charge in [-0.3, -0.25) is 14.7 Å². The van der Waals surface area contributed by atoms with E-state index in [4.69, 9.17) is 5.73 Å². The highest BCUT2D eigenvalue weighted by Crippen LogP contribution is 2.04. The van der Waals surface area contributed by atoms with Gasteiger partial charge in [0.25, 0.3) is 5.91 Å². The summed E-state index contributed by atoms with van der Waals surface area (Å²) in [5, 5.41) is 11.5. The molecule has 7 heteroatoms. The molecule has 5 N–H and O–H groups in total. The molecule has 0 spiro atoms. The molecule has 0 bridgehead atoms. The number of carbonyl (C=O) groups is 2. The molecule has 18 heavy (non-hydrogen) atoms. The standard InChI is InChI=1S/C11H19N5O2/c1-3-7(2)15-9(17)4-5-13-11(18)8-6-14-16-10(8)12/h6-7H,3-5H2,1-2H3,(H,13,18)(H,15,17)(H3,12,14,16). The Morgan fingerprint density at radius 1 is 1.56 bits per heavy atom. The van der Waals surface area contributed by atoms with Gasteiger partial charge in [0.15, 0.2) is 0 Å². The number of hydrogen-bond donors (Lipinski definition) is 4. The number of hydrogen-bond acceptors (Lipinski definition) is 4. The van der Waals surface area contributed by atoms with E-state index < -0.39 is 0 Å². The number of nitrogens with zero attached hydrogens (tertiary/aromatic N) is 1. The zero-order valence-electron chi connectivity index (χ0n) is 10.6. The average molecular weight is 253 g/mol. The van der Waals surface area contributed by atoms with Crippen LogP contribution in [0.25, 0.3) is 0 Å². The average Bonchev–Trinajstić information content (AvgIpc) is 2.75. The van der Waals surface area contributed by atoms with Crippen molar-refractivity contribution in [1.29, 1.82) is 0 Å². The molecule has 1 aromatic rings. The smallest absolute Gasteiger partial charge is 0.256 e. The fraction of sp³-hybridized carbons (Fsp3) is 0.545. The summed E-state index contributed by atoms with van der Waals surface area (Å²) in [7, 11) is 0.